The maximum Gasteiger partial charge on any atom is 0.410 e. The molecule has 0 saturated carbocycles. The third kappa shape index (κ3) is 35.2. The molecule has 0 spiro atoms. The number of hydrogen-bond donors (Lipinski definition) is 0. The number of unbranched alkanes of at least 4 members (excludes halogenated alkanes) is 20. The smallest absolute Gasteiger partial charge is 0.410 e. The molecule has 0 aromatic carbocycles. The number of likely N-dealkylation sites (tertiary alicyclic amines) is 2. The van der Waals surface area contributed by atoms with Crippen LogP contribution in [0.15, 0.2) is 0 Å². The van der Waals surface area contributed by atoms with Crippen molar-refractivity contribution in [2.24, 2.45) is 11.8 Å². The third-order valence-electron chi connectivity index (χ3n) is 14.3. The van der Waals surface area contributed by atoms with Gasteiger partial charge in [-0.1, -0.05) is 163 Å². The molecule has 16 nitrogen and oxygen atoms in total. The summed E-state index contributed by atoms with van der Waals surface area (Å²) in [5, 5.41) is 0. The Morgan fingerprint density at radius 2 is 0.707 bits per heavy atom. The van der Waals surface area contributed by atoms with Gasteiger partial charge in [0, 0.05) is 44.1 Å². The minimum atomic E-state index is -0.625. The summed E-state index contributed by atoms with van der Waals surface area (Å²) < 4.78 is 39.5. The first-order chi connectivity index (χ1) is 36.5. The lowest BCUT2D eigenvalue weighted by Crippen LogP contribution is -2.62. The fourth-order valence-electron chi connectivity index (χ4n) is 9.45. The lowest BCUT2D eigenvalue weighted by atomic mass is 9.94. The Balaban J connectivity index is 2.05. The van der Waals surface area contributed by atoms with Gasteiger partial charge in [0.2, 0.25) is 0 Å². The molecule has 2 fully saturated rings. The molecule has 1 amide bonds. The van der Waals surface area contributed by atoms with Gasteiger partial charge in [0.15, 0.2) is 0 Å². The normalized spacial score (nSPS) is 15.6. The topological polar surface area (TPSA) is 191 Å². The predicted molar refractivity (Wildman–Crippen MR) is 290 cm³/mol. The highest BCUT2D eigenvalue weighted by molar-refractivity contribution is 5.73. The van der Waals surface area contributed by atoms with Crippen molar-refractivity contribution in [3.63, 3.8) is 0 Å². The monoisotopic (exact) mass is 1060 g/mol. The Morgan fingerprint density at radius 1 is 0.387 bits per heavy atom. The molecule has 2 rings (SSSR count). The maximum atomic E-state index is 13.7. The van der Waals surface area contributed by atoms with E-state index < -0.39 is 42.0 Å². The molecule has 75 heavy (non-hydrogen) atoms. The number of carbonyl (C=O) groups is 7. The fraction of sp³-hybridized carbons (Fsp3) is 0.881. The summed E-state index contributed by atoms with van der Waals surface area (Å²) in [6.45, 7) is 10.5. The summed E-state index contributed by atoms with van der Waals surface area (Å²) in [7, 11) is 0. The molecular weight excluding hydrogens is 961 g/mol. The molecular formula is C59H104N2O14. The Hall–Kier alpha value is -3.95. The summed E-state index contributed by atoms with van der Waals surface area (Å²) in [4.78, 5) is 95.0. The van der Waals surface area contributed by atoms with E-state index in [1.54, 1.807) is 0 Å². The molecule has 2 aliphatic rings. The molecule has 0 aliphatic carbocycles. The van der Waals surface area contributed by atoms with Gasteiger partial charge in [-0.05, 0) is 58.0 Å². The Morgan fingerprint density at radius 3 is 1.04 bits per heavy atom. The maximum absolute atomic E-state index is 13.7. The molecule has 2 saturated heterocycles. The average molecular weight is 1070 g/mol. The molecule has 0 aromatic rings. The Bertz CT molecular complexity index is 1380. The van der Waals surface area contributed by atoms with Gasteiger partial charge in [0.05, 0.1) is 51.4 Å². The first-order valence-electron chi connectivity index (χ1n) is 30.1. The minimum absolute atomic E-state index is 0.107. The number of piperidine rings is 1. The Kier molecular flexibility index (Phi) is 40.4. The molecule has 0 aromatic heterocycles. The van der Waals surface area contributed by atoms with Gasteiger partial charge in [-0.3, -0.25) is 38.6 Å². The second-order valence-electron chi connectivity index (χ2n) is 21.3. The van der Waals surface area contributed by atoms with Crippen LogP contribution in [0.1, 0.15) is 246 Å². The SMILES string of the molecule is CCCCCCCCC(=O)OCC(COC(=O)CCCCCCCC)CC(=O)OC[C@@H]1C[C@H](COC(=O)CC(COC(=O)CCCCCCCC)COC(=O)CCCCCCCC)N1C(=O)OCCN1CCCCC1. The zero-order valence-corrected chi connectivity index (χ0v) is 47.5. The minimum Gasteiger partial charge on any atom is -0.465 e. The van der Waals surface area contributed by atoms with Crippen LogP contribution in [0, 0.1) is 11.8 Å². The highest BCUT2D eigenvalue weighted by Gasteiger charge is 2.44. The second kappa shape index (κ2) is 45.1. The van der Waals surface area contributed by atoms with Crippen molar-refractivity contribution in [3.05, 3.63) is 0 Å². The first kappa shape index (κ1) is 67.2. The van der Waals surface area contributed by atoms with Crippen molar-refractivity contribution in [2.45, 2.75) is 258 Å². The van der Waals surface area contributed by atoms with E-state index in [2.05, 4.69) is 32.6 Å². The van der Waals surface area contributed by atoms with E-state index in [0.29, 0.717) is 13.0 Å². The van der Waals surface area contributed by atoms with Crippen molar-refractivity contribution < 1.29 is 66.7 Å². The highest BCUT2D eigenvalue weighted by Crippen LogP contribution is 2.28. The number of rotatable bonds is 47. The van der Waals surface area contributed by atoms with Gasteiger partial charge in [0.25, 0.3) is 0 Å². The zero-order valence-electron chi connectivity index (χ0n) is 47.5. The largest absolute Gasteiger partial charge is 0.465 e. The van der Waals surface area contributed by atoms with Crippen LogP contribution in [0.25, 0.3) is 0 Å². The van der Waals surface area contributed by atoms with E-state index in [1.807, 2.05) is 0 Å². The lowest BCUT2D eigenvalue weighted by molar-refractivity contribution is -0.159. The van der Waals surface area contributed by atoms with Gasteiger partial charge >= 0.3 is 41.9 Å². The molecule has 16 heteroatoms. The van der Waals surface area contributed by atoms with E-state index in [-0.39, 0.29) is 109 Å². The molecule has 2 atom stereocenters. The van der Waals surface area contributed by atoms with Crippen LogP contribution >= 0.6 is 0 Å². The lowest BCUT2D eigenvalue weighted by Gasteiger charge is -2.46. The van der Waals surface area contributed by atoms with E-state index in [0.717, 1.165) is 154 Å². The van der Waals surface area contributed by atoms with Crippen molar-refractivity contribution in [1.29, 1.82) is 0 Å². The number of carbonyl (C=O) groups excluding carboxylic acids is 7. The van der Waals surface area contributed by atoms with Crippen molar-refractivity contribution in [2.75, 3.05) is 65.9 Å². The molecule has 2 heterocycles. The van der Waals surface area contributed by atoms with E-state index >= 15 is 0 Å². The van der Waals surface area contributed by atoms with Crippen LogP contribution in [0.4, 0.5) is 4.79 Å². The number of esters is 6. The van der Waals surface area contributed by atoms with Gasteiger partial charge in [-0.15, -0.1) is 0 Å². The molecule has 0 N–H and O–H groups in total. The van der Waals surface area contributed by atoms with Crippen molar-refractivity contribution >= 4 is 41.9 Å². The van der Waals surface area contributed by atoms with Crippen LogP contribution in [0.3, 0.4) is 0 Å². The van der Waals surface area contributed by atoms with Crippen LogP contribution in [-0.2, 0) is 61.9 Å². The van der Waals surface area contributed by atoms with Gasteiger partial charge < -0.3 is 33.2 Å². The number of ether oxygens (including phenoxy) is 7. The summed E-state index contributed by atoms with van der Waals surface area (Å²) in [5.74, 6) is -3.90. The summed E-state index contributed by atoms with van der Waals surface area (Å²) in [6, 6.07) is -1.12. The fourth-order valence-corrected chi connectivity index (χ4v) is 9.45. The van der Waals surface area contributed by atoms with Crippen molar-refractivity contribution in [3.8, 4) is 0 Å². The van der Waals surface area contributed by atoms with Gasteiger partial charge in [0.1, 0.15) is 19.8 Å². The van der Waals surface area contributed by atoms with Crippen LogP contribution < -0.4 is 0 Å². The van der Waals surface area contributed by atoms with Crippen LogP contribution in [0.5, 0.6) is 0 Å². The third-order valence-corrected chi connectivity index (χ3v) is 14.3. The Labute approximate surface area is 452 Å². The molecule has 434 valence electrons. The first-order valence-corrected chi connectivity index (χ1v) is 30.1. The van der Waals surface area contributed by atoms with E-state index in [1.165, 1.54) is 37.0 Å². The standard InChI is InChI=1S/C59H104N2O14/c1-5-9-13-17-21-26-32-53(62)70-43-49(44-71-54(63)33-27-22-18-14-10-6-2)40-57(66)74-47-51-42-52(61(51)59(68)69-39-38-60-36-30-25-31-37-60)48-75-58(67)41-50(45-72-55(64)34-28-23-19-15-11-7-3)46-73-56(65)35-29-24-20-16-12-8-4/h49-52H,5-48H2,1-4H3/t51-,52+. The average Bonchev–Trinajstić information content (AvgIpc) is 3.39. The molecule has 0 bridgehead atoms. The molecule has 0 radical (unpaired) electrons. The quantitative estimate of drug-likeness (QED) is 0.0317. The van der Waals surface area contributed by atoms with Crippen LogP contribution in [0.2, 0.25) is 0 Å². The summed E-state index contributed by atoms with van der Waals surface area (Å²) in [5.41, 5.74) is 0. The van der Waals surface area contributed by atoms with Crippen molar-refractivity contribution in [1.82, 2.24) is 9.80 Å². The van der Waals surface area contributed by atoms with E-state index in [4.69, 9.17) is 33.2 Å². The highest BCUT2D eigenvalue weighted by atomic mass is 16.6. The summed E-state index contributed by atoms with van der Waals surface area (Å²) in [6.07, 6.45) is 28.5. The molecule has 2 aliphatic heterocycles. The van der Waals surface area contributed by atoms with E-state index in [9.17, 15) is 33.6 Å². The number of hydrogen-bond acceptors (Lipinski definition) is 15. The predicted octanol–water partition coefficient (Wildman–Crippen LogP) is 12.3. The van der Waals surface area contributed by atoms with Gasteiger partial charge in [-0.2, -0.15) is 0 Å². The molecule has 0 unspecified atom stereocenters. The summed E-state index contributed by atoms with van der Waals surface area (Å²) >= 11 is 0. The number of amides is 1. The number of nitrogens with zero attached hydrogens (tertiary/aromatic N) is 2. The van der Waals surface area contributed by atoms with Crippen LogP contribution in [-0.4, -0.2) is 130 Å². The second-order valence-corrected chi connectivity index (χ2v) is 21.3. The zero-order chi connectivity index (χ0) is 54.6. The van der Waals surface area contributed by atoms with Gasteiger partial charge in [-0.25, -0.2) is 4.79 Å².